The van der Waals surface area contributed by atoms with Gasteiger partial charge in [-0.25, -0.2) is 9.78 Å². The highest BCUT2D eigenvalue weighted by Gasteiger charge is 2.21. The quantitative estimate of drug-likeness (QED) is 0.315. The van der Waals surface area contributed by atoms with Gasteiger partial charge in [-0.05, 0) is 42.8 Å². The van der Waals surface area contributed by atoms with Crippen LogP contribution in [-0.4, -0.2) is 23.0 Å². The minimum Gasteiger partial charge on any atom is -0.449 e. The lowest BCUT2D eigenvalue weighted by Crippen LogP contribution is -2.30. The molecule has 0 aliphatic heterocycles. The molecule has 4 aromatic rings. The molecule has 6 nitrogen and oxygen atoms in total. The van der Waals surface area contributed by atoms with Crippen LogP contribution in [-0.2, 0) is 15.3 Å². The molecule has 0 fully saturated rings. The molecule has 0 bridgehead atoms. The van der Waals surface area contributed by atoms with Crippen molar-refractivity contribution in [1.82, 2.24) is 4.98 Å². The molecule has 0 aliphatic rings. The molecule has 0 spiro atoms. The molecule has 156 valence electrons. The van der Waals surface area contributed by atoms with Gasteiger partial charge in [0.15, 0.2) is 11.7 Å². The highest BCUT2D eigenvalue weighted by atomic mass is 32.2. The van der Waals surface area contributed by atoms with E-state index in [4.69, 9.17) is 9.15 Å². The Kier molecular flexibility index (Phi) is 6.33. The lowest BCUT2D eigenvalue weighted by Gasteiger charge is -2.15. The minimum atomic E-state index is -0.939. The van der Waals surface area contributed by atoms with Gasteiger partial charge in [-0.2, -0.15) is 0 Å². The Morgan fingerprint density at radius 1 is 1.00 bits per heavy atom. The maximum Gasteiger partial charge on any atom is 0.339 e. The van der Waals surface area contributed by atoms with Gasteiger partial charge in [0, 0.05) is 11.4 Å². The number of nitrogens with zero attached hydrogens (tertiary/aromatic N) is 1. The molecule has 1 unspecified atom stereocenters. The number of esters is 1. The van der Waals surface area contributed by atoms with Gasteiger partial charge in [0.1, 0.15) is 5.52 Å². The topological polar surface area (TPSA) is 81.4 Å². The van der Waals surface area contributed by atoms with E-state index in [0.29, 0.717) is 22.2 Å². The van der Waals surface area contributed by atoms with Crippen molar-refractivity contribution in [2.75, 3.05) is 5.32 Å². The lowest BCUT2D eigenvalue weighted by atomic mass is 10.1. The molecule has 1 atom stereocenters. The second-order valence-corrected chi connectivity index (χ2v) is 7.72. The largest absolute Gasteiger partial charge is 0.449 e. The number of carbonyl (C=O) groups is 2. The minimum absolute atomic E-state index is 0.391. The first-order valence-corrected chi connectivity index (χ1v) is 10.7. The number of rotatable bonds is 7. The van der Waals surface area contributed by atoms with Crippen LogP contribution in [0.1, 0.15) is 22.8 Å². The molecule has 1 aromatic heterocycles. The van der Waals surface area contributed by atoms with Crippen LogP contribution in [0.25, 0.3) is 11.1 Å². The summed E-state index contributed by atoms with van der Waals surface area (Å²) in [6.07, 6.45) is -0.939. The van der Waals surface area contributed by atoms with Crippen LogP contribution >= 0.6 is 11.8 Å². The summed E-state index contributed by atoms with van der Waals surface area (Å²) in [4.78, 5) is 29.5. The van der Waals surface area contributed by atoms with E-state index >= 15 is 0 Å². The van der Waals surface area contributed by atoms with Gasteiger partial charge in [0.05, 0.1) is 5.56 Å². The van der Waals surface area contributed by atoms with Crippen molar-refractivity contribution in [3.63, 3.8) is 0 Å². The second-order valence-electron chi connectivity index (χ2n) is 6.80. The number of para-hydroxylation sites is 3. The van der Waals surface area contributed by atoms with Gasteiger partial charge in [-0.15, -0.1) is 0 Å². The number of ether oxygens (including phenoxy) is 1. The molecule has 1 amide bonds. The third-order valence-electron chi connectivity index (χ3n) is 4.56. The van der Waals surface area contributed by atoms with Crippen molar-refractivity contribution in [3.8, 4) is 0 Å². The first kappa shape index (κ1) is 20.7. The van der Waals surface area contributed by atoms with Crippen molar-refractivity contribution < 1.29 is 18.7 Å². The fraction of sp³-hybridized carbons (Fsp3) is 0.125. The first-order chi connectivity index (χ1) is 15.1. The maximum absolute atomic E-state index is 12.7. The van der Waals surface area contributed by atoms with E-state index in [2.05, 4.69) is 10.3 Å². The van der Waals surface area contributed by atoms with Gasteiger partial charge in [0.2, 0.25) is 0 Å². The van der Waals surface area contributed by atoms with Crippen LogP contribution in [0.15, 0.2) is 88.5 Å². The summed E-state index contributed by atoms with van der Waals surface area (Å²) < 4.78 is 11.1. The standard InChI is InChI=1S/C24H20N2O4S/c1-16(22(27)25-18-10-3-2-4-11-18)29-23(28)19-12-6-5-9-17(19)15-31-24-26-20-13-7-8-14-21(20)30-24/h2-14,16H,15H2,1H3,(H,25,27). The number of benzene rings is 3. The fourth-order valence-electron chi connectivity index (χ4n) is 2.94. The second kappa shape index (κ2) is 9.49. The van der Waals surface area contributed by atoms with Gasteiger partial charge in [0.25, 0.3) is 11.1 Å². The Bertz CT molecular complexity index is 1170. The molecule has 0 saturated carbocycles. The molecule has 1 N–H and O–H groups in total. The Hall–Kier alpha value is -3.58. The average Bonchev–Trinajstić information content (AvgIpc) is 3.21. The average molecular weight is 433 g/mol. The van der Waals surface area contributed by atoms with Gasteiger partial charge < -0.3 is 14.5 Å². The molecule has 1 heterocycles. The van der Waals surface area contributed by atoms with E-state index in [1.165, 1.54) is 11.8 Å². The van der Waals surface area contributed by atoms with Gasteiger partial charge >= 0.3 is 5.97 Å². The fourth-order valence-corrected chi connectivity index (χ4v) is 3.78. The van der Waals surface area contributed by atoms with Crippen LogP contribution in [0, 0.1) is 0 Å². The predicted octanol–water partition coefficient (Wildman–Crippen LogP) is 5.30. The molecule has 31 heavy (non-hydrogen) atoms. The summed E-state index contributed by atoms with van der Waals surface area (Å²) in [7, 11) is 0. The Morgan fingerprint density at radius 2 is 1.71 bits per heavy atom. The summed E-state index contributed by atoms with van der Waals surface area (Å²) >= 11 is 1.39. The van der Waals surface area contributed by atoms with Crippen molar-refractivity contribution in [2.45, 2.75) is 24.0 Å². The summed E-state index contributed by atoms with van der Waals surface area (Å²) in [6.45, 7) is 1.55. The number of carbonyl (C=O) groups excluding carboxylic acids is 2. The van der Waals surface area contributed by atoms with Gasteiger partial charge in [-0.1, -0.05) is 60.3 Å². The molecule has 0 saturated heterocycles. The number of nitrogens with one attached hydrogen (secondary N) is 1. The molecule has 0 aliphatic carbocycles. The van der Waals surface area contributed by atoms with E-state index in [1.54, 1.807) is 31.2 Å². The third-order valence-corrected chi connectivity index (χ3v) is 5.43. The van der Waals surface area contributed by atoms with Crippen molar-refractivity contribution in [1.29, 1.82) is 0 Å². The Balaban J connectivity index is 1.41. The zero-order valence-electron chi connectivity index (χ0n) is 16.8. The van der Waals surface area contributed by atoms with E-state index in [-0.39, 0.29) is 0 Å². The maximum atomic E-state index is 12.7. The highest BCUT2D eigenvalue weighted by molar-refractivity contribution is 7.98. The lowest BCUT2D eigenvalue weighted by molar-refractivity contribution is -0.123. The van der Waals surface area contributed by atoms with Crippen LogP contribution in [0.4, 0.5) is 5.69 Å². The molecular weight excluding hydrogens is 412 g/mol. The Labute approximate surface area is 183 Å². The molecular formula is C24H20N2O4S. The van der Waals surface area contributed by atoms with E-state index < -0.39 is 18.0 Å². The van der Waals surface area contributed by atoms with E-state index in [0.717, 1.165) is 16.7 Å². The smallest absolute Gasteiger partial charge is 0.339 e. The van der Waals surface area contributed by atoms with Crippen LogP contribution in [0.2, 0.25) is 0 Å². The summed E-state index contributed by atoms with van der Waals surface area (Å²) in [6, 6.07) is 23.7. The molecule has 3 aromatic carbocycles. The number of amides is 1. The van der Waals surface area contributed by atoms with Crippen molar-refractivity contribution in [2.24, 2.45) is 0 Å². The summed E-state index contributed by atoms with van der Waals surface area (Å²) in [5.74, 6) is -0.467. The van der Waals surface area contributed by atoms with Crippen molar-refractivity contribution in [3.05, 3.63) is 90.0 Å². The molecule has 4 rings (SSSR count). The number of anilines is 1. The van der Waals surface area contributed by atoms with Crippen LogP contribution < -0.4 is 5.32 Å². The normalized spacial score (nSPS) is 11.8. The zero-order chi connectivity index (χ0) is 21.6. The molecule has 0 radical (unpaired) electrons. The number of aromatic nitrogens is 1. The number of hydrogen-bond acceptors (Lipinski definition) is 6. The predicted molar refractivity (Wildman–Crippen MR) is 120 cm³/mol. The zero-order valence-corrected chi connectivity index (χ0v) is 17.6. The third kappa shape index (κ3) is 5.13. The number of fused-ring (bicyclic) bond motifs is 1. The number of thioether (sulfide) groups is 1. The van der Waals surface area contributed by atoms with Gasteiger partial charge in [-0.3, -0.25) is 4.79 Å². The molecule has 7 heteroatoms. The van der Waals surface area contributed by atoms with E-state index in [1.807, 2.05) is 54.6 Å². The number of oxazole rings is 1. The monoisotopic (exact) mass is 432 g/mol. The SMILES string of the molecule is CC(OC(=O)c1ccccc1CSc1nc2ccccc2o1)C(=O)Nc1ccccc1. The van der Waals surface area contributed by atoms with Crippen molar-refractivity contribution >= 4 is 40.4 Å². The number of hydrogen-bond donors (Lipinski definition) is 1. The van der Waals surface area contributed by atoms with Crippen LogP contribution in [0.5, 0.6) is 0 Å². The van der Waals surface area contributed by atoms with E-state index in [9.17, 15) is 9.59 Å². The summed E-state index contributed by atoms with van der Waals surface area (Å²) in [5.41, 5.74) is 3.33. The summed E-state index contributed by atoms with van der Waals surface area (Å²) in [5, 5.41) is 3.26. The highest BCUT2D eigenvalue weighted by Crippen LogP contribution is 2.27. The van der Waals surface area contributed by atoms with Crippen LogP contribution in [0.3, 0.4) is 0 Å². The first-order valence-electron chi connectivity index (χ1n) is 9.73. The Morgan fingerprint density at radius 3 is 2.52 bits per heavy atom.